The predicted molar refractivity (Wildman–Crippen MR) is 83.4 cm³/mol. The number of hydrogen-bond acceptors (Lipinski definition) is 6. The molecule has 0 saturated carbocycles. The summed E-state index contributed by atoms with van der Waals surface area (Å²) >= 11 is 0. The second-order valence-corrected chi connectivity index (χ2v) is 5.27. The van der Waals surface area contributed by atoms with Crippen LogP contribution in [-0.4, -0.2) is 40.1 Å². The van der Waals surface area contributed by atoms with E-state index >= 15 is 0 Å². The number of pyridine rings is 1. The van der Waals surface area contributed by atoms with Crippen molar-refractivity contribution in [2.75, 3.05) is 30.4 Å². The van der Waals surface area contributed by atoms with Gasteiger partial charge < -0.3 is 10.2 Å². The van der Waals surface area contributed by atoms with Crippen molar-refractivity contribution in [2.45, 2.75) is 26.2 Å². The van der Waals surface area contributed by atoms with Gasteiger partial charge in [0.2, 0.25) is 11.9 Å². The van der Waals surface area contributed by atoms with Crippen LogP contribution in [-0.2, 0) is 0 Å². The van der Waals surface area contributed by atoms with Gasteiger partial charge in [0.1, 0.15) is 0 Å². The average Bonchev–Trinajstić information content (AvgIpc) is 2.56. The number of anilines is 2. The van der Waals surface area contributed by atoms with Crippen LogP contribution in [0.15, 0.2) is 18.3 Å². The minimum absolute atomic E-state index is 0.598. The molecule has 0 aliphatic carbocycles. The Labute approximate surface area is 124 Å². The number of nitrogens with zero attached hydrogens (tertiary/aromatic N) is 5. The van der Waals surface area contributed by atoms with Crippen molar-refractivity contribution < 1.29 is 0 Å². The molecule has 6 nitrogen and oxygen atoms in total. The minimum Gasteiger partial charge on any atom is -0.357 e. The lowest BCUT2D eigenvalue weighted by atomic mass is 10.1. The third-order valence-corrected chi connectivity index (χ3v) is 3.66. The average molecular weight is 284 g/mol. The summed E-state index contributed by atoms with van der Waals surface area (Å²) in [6.07, 6.45) is 5.49. The van der Waals surface area contributed by atoms with Crippen molar-refractivity contribution in [1.29, 1.82) is 0 Å². The molecule has 3 heterocycles. The zero-order valence-electron chi connectivity index (χ0n) is 12.5. The zero-order valence-corrected chi connectivity index (χ0v) is 12.5. The molecular formula is C15H20N6. The molecule has 0 atom stereocenters. The first-order valence-corrected chi connectivity index (χ1v) is 7.38. The Morgan fingerprint density at radius 3 is 2.52 bits per heavy atom. The Kier molecular flexibility index (Phi) is 3.94. The van der Waals surface area contributed by atoms with Gasteiger partial charge in [0.15, 0.2) is 5.82 Å². The van der Waals surface area contributed by atoms with E-state index in [0.29, 0.717) is 11.8 Å². The van der Waals surface area contributed by atoms with Crippen LogP contribution in [0.3, 0.4) is 0 Å². The van der Waals surface area contributed by atoms with Crippen molar-refractivity contribution >= 4 is 11.9 Å². The van der Waals surface area contributed by atoms with Crippen LogP contribution >= 0.6 is 0 Å². The molecular weight excluding hydrogens is 264 g/mol. The predicted octanol–water partition coefficient (Wildman–Crippen LogP) is 2.27. The van der Waals surface area contributed by atoms with E-state index in [2.05, 4.69) is 30.2 Å². The summed E-state index contributed by atoms with van der Waals surface area (Å²) in [5.74, 6) is 2.02. The van der Waals surface area contributed by atoms with Crippen LogP contribution in [0.4, 0.5) is 11.9 Å². The fourth-order valence-electron chi connectivity index (χ4n) is 2.44. The van der Waals surface area contributed by atoms with Gasteiger partial charge >= 0.3 is 0 Å². The molecule has 110 valence electrons. The third kappa shape index (κ3) is 3.09. The molecule has 6 heteroatoms. The van der Waals surface area contributed by atoms with Crippen LogP contribution in [0.2, 0.25) is 0 Å². The van der Waals surface area contributed by atoms with E-state index in [1.807, 2.05) is 32.3 Å². The molecule has 0 aromatic carbocycles. The first-order chi connectivity index (χ1) is 10.3. The smallest absolute Gasteiger partial charge is 0.230 e. The second kappa shape index (κ2) is 6.03. The standard InChI is InChI=1S/C15H20N6/c1-11-6-7-12(10-17-11)13-18-14(16-2)20-15(19-13)21-8-4-3-5-9-21/h6-7,10H,3-5,8-9H2,1-2H3,(H,16,18,19,20). The highest BCUT2D eigenvalue weighted by molar-refractivity contribution is 5.57. The van der Waals surface area contributed by atoms with E-state index in [9.17, 15) is 0 Å². The van der Waals surface area contributed by atoms with Gasteiger partial charge in [0.25, 0.3) is 0 Å². The molecule has 3 rings (SSSR count). The molecule has 2 aromatic heterocycles. The molecule has 0 amide bonds. The third-order valence-electron chi connectivity index (χ3n) is 3.66. The van der Waals surface area contributed by atoms with Gasteiger partial charge in [-0.2, -0.15) is 15.0 Å². The number of piperidine rings is 1. The fraction of sp³-hybridized carbons (Fsp3) is 0.467. The molecule has 0 spiro atoms. The van der Waals surface area contributed by atoms with Crippen LogP contribution in [0.5, 0.6) is 0 Å². The number of hydrogen-bond donors (Lipinski definition) is 1. The highest BCUT2D eigenvalue weighted by Gasteiger charge is 2.16. The monoisotopic (exact) mass is 284 g/mol. The Bertz CT molecular complexity index is 604. The highest BCUT2D eigenvalue weighted by Crippen LogP contribution is 2.21. The van der Waals surface area contributed by atoms with Crippen molar-refractivity contribution in [3.05, 3.63) is 24.0 Å². The van der Waals surface area contributed by atoms with Gasteiger partial charge in [-0.25, -0.2) is 0 Å². The van der Waals surface area contributed by atoms with Gasteiger partial charge in [-0.15, -0.1) is 0 Å². The zero-order chi connectivity index (χ0) is 14.7. The largest absolute Gasteiger partial charge is 0.357 e. The summed E-state index contributed by atoms with van der Waals surface area (Å²) < 4.78 is 0. The maximum Gasteiger partial charge on any atom is 0.230 e. The van der Waals surface area contributed by atoms with Gasteiger partial charge in [0.05, 0.1) is 0 Å². The topological polar surface area (TPSA) is 66.8 Å². The molecule has 1 fully saturated rings. The Morgan fingerprint density at radius 2 is 1.86 bits per heavy atom. The van der Waals surface area contributed by atoms with Crippen molar-refractivity contribution in [2.24, 2.45) is 0 Å². The first kappa shape index (κ1) is 13.7. The molecule has 2 aromatic rings. The highest BCUT2D eigenvalue weighted by atomic mass is 15.3. The van der Waals surface area contributed by atoms with Gasteiger partial charge in [-0.3, -0.25) is 4.98 Å². The van der Waals surface area contributed by atoms with E-state index < -0.39 is 0 Å². The molecule has 0 radical (unpaired) electrons. The molecule has 1 N–H and O–H groups in total. The molecule has 0 bridgehead atoms. The van der Waals surface area contributed by atoms with Crippen LogP contribution < -0.4 is 10.2 Å². The number of rotatable bonds is 3. The van der Waals surface area contributed by atoms with E-state index in [1.165, 1.54) is 19.3 Å². The van der Waals surface area contributed by atoms with Crippen LogP contribution in [0.1, 0.15) is 25.0 Å². The molecule has 1 saturated heterocycles. The lowest BCUT2D eigenvalue weighted by molar-refractivity contribution is 0.568. The quantitative estimate of drug-likeness (QED) is 0.932. The van der Waals surface area contributed by atoms with Crippen molar-refractivity contribution in [3.63, 3.8) is 0 Å². The Balaban J connectivity index is 1.98. The number of aromatic nitrogens is 4. The van der Waals surface area contributed by atoms with E-state index in [-0.39, 0.29) is 0 Å². The van der Waals surface area contributed by atoms with Gasteiger partial charge in [0, 0.05) is 37.6 Å². The van der Waals surface area contributed by atoms with Gasteiger partial charge in [-0.05, 0) is 38.3 Å². The summed E-state index contributed by atoms with van der Waals surface area (Å²) in [5.41, 5.74) is 1.90. The second-order valence-electron chi connectivity index (χ2n) is 5.27. The SMILES string of the molecule is CNc1nc(-c2ccc(C)nc2)nc(N2CCCCC2)n1. The van der Waals surface area contributed by atoms with Crippen molar-refractivity contribution in [3.8, 4) is 11.4 Å². The maximum atomic E-state index is 4.63. The molecule has 21 heavy (non-hydrogen) atoms. The first-order valence-electron chi connectivity index (χ1n) is 7.38. The van der Waals surface area contributed by atoms with Crippen LogP contribution in [0.25, 0.3) is 11.4 Å². The summed E-state index contributed by atoms with van der Waals surface area (Å²) in [5, 5.41) is 3.02. The summed E-state index contributed by atoms with van der Waals surface area (Å²) in [7, 11) is 1.83. The Hall–Kier alpha value is -2.24. The summed E-state index contributed by atoms with van der Waals surface area (Å²) in [4.78, 5) is 20.1. The van der Waals surface area contributed by atoms with Crippen molar-refractivity contribution in [1.82, 2.24) is 19.9 Å². The lowest BCUT2D eigenvalue weighted by Crippen LogP contribution is -2.31. The molecule has 1 aliphatic heterocycles. The van der Waals surface area contributed by atoms with Gasteiger partial charge in [-0.1, -0.05) is 0 Å². The fourth-order valence-corrected chi connectivity index (χ4v) is 2.44. The minimum atomic E-state index is 0.598. The maximum absolute atomic E-state index is 4.63. The number of nitrogens with one attached hydrogen (secondary N) is 1. The summed E-state index contributed by atoms with van der Waals surface area (Å²) in [6.45, 7) is 3.99. The number of aryl methyl sites for hydroxylation is 1. The van der Waals surface area contributed by atoms with Crippen LogP contribution in [0, 0.1) is 6.92 Å². The van der Waals surface area contributed by atoms with E-state index in [4.69, 9.17) is 0 Å². The normalized spacial score (nSPS) is 15.0. The van der Waals surface area contributed by atoms with E-state index in [0.717, 1.165) is 30.3 Å². The lowest BCUT2D eigenvalue weighted by Gasteiger charge is -2.26. The summed E-state index contributed by atoms with van der Waals surface area (Å²) in [6, 6.07) is 3.97. The van der Waals surface area contributed by atoms with E-state index in [1.54, 1.807) is 0 Å². The molecule has 1 aliphatic rings. The Morgan fingerprint density at radius 1 is 1.05 bits per heavy atom. The molecule has 0 unspecified atom stereocenters.